The molecule has 2 amide bonds. The first-order chi connectivity index (χ1) is 12.9. The topological polar surface area (TPSA) is 84.9 Å². The molecular formula is C19H15BrN2O5. The summed E-state index contributed by atoms with van der Waals surface area (Å²) in [5, 5.41) is 1.19. The molecule has 1 aliphatic rings. The lowest BCUT2D eigenvalue weighted by molar-refractivity contribution is -0.132. The van der Waals surface area contributed by atoms with Crippen LogP contribution in [0.25, 0.3) is 6.08 Å². The number of nitrogens with one attached hydrogen (secondary N) is 1. The molecule has 1 N–H and O–H groups in total. The van der Waals surface area contributed by atoms with Crippen LogP contribution in [0.1, 0.15) is 12.5 Å². The number of anilines is 1. The van der Waals surface area contributed by atoms with Crippen LogP contribution in [0.4, 0.5) is 5.69 Å². The van der Waals surface area contributed by atoms with Gasteiger partial charge in [0.25, 0.3) is 11.8 Å². The molecule has 2 aromatic rings. The lowest BCUT2D eigenvalue weighted by atomic mass is 10.1. The van der Waals surface area contributed by atoms with Crippen molar-refractivity contribution in [2.45, 2.75) is 6.92 Å². The van der Waals surface area contributed by atoms with Gasteiger partial charge in [-0.05, 0) is 35.9 Å². The number of rotatable bonds is 4. The monoisotopic (exact) mass is 430 g/mol. The SMILES string of the molecule is COc1cc(/C=C2/C(=O)NN(c3ccccc3)C2=O)c(Br)cc1OC(C)=O. The van der Waals surface area contributed by atoms with Crippen molar-refractivity contribution < 1.29 is 23.9 Å². The predicted octanol–water partition coefficient (Wildman–Crippen LogP) is 2.84. The van der Waals surface area contributed by atoms with E-state index in [1.807, 2.05) is 6.07 Å². The summed E-state index contributed by atoms with van der Waals surface area (Å²) in [5.74, 6) is -0.951. The summed E-state index contributed by atoms with van der Waals surface area (Å²) in [4.78, 5) is 36.2. The fourth-order valence-electron chi connectivity index (χ4n) is 2.53. The minimum absolute atomic E-state index is 0.0261. The third-order valence-electron chi connectivity index (χ3n) is 3.74. The minimum Gasteiger partial charge on any atom is -0.493 e. The fourth-order valence-corrected chi connectivity index (χ4v) is 2.96. The molecule has 8 heteroatoms. The van der Waals surface area contributed by atoms with E-state index >= 15 is 0 Å². The largest absolute Gasteiger partial charge is 0.493 e. The molecule has 3 rings (SSSR count). The third kappa shape index (κ3) is 3.85. The highest BCUT2D eigenvalue weighted by atomic mass is 79.9. The molecule has 1 aliphatic heterocycles. The van der Waals surface area contributed by atoms with Gasteiger partial charge in [-0.2, -0.15) is 0 Å². The predicted molar refractivity (Wildman–Crippen MR) is 102 cm³/mol. The van der Waals surface area contributed by atoms with E-state index in [1.54, 1.807) is 36.4 Å². The molecule has 0 aliphatic carbocycles. The van der Waals surface area contributed by atoms with E-state index < -0.39 is 17.8 Å². The summed E-state index contributed by atoms with van der Waals surface area (Å²) in [6.45, 7) is 1.28. The number of ether oxygens (including phenoxy) is 2. The van der Waals surface area contributed by atoms with Crippen LogP contribution in [0.3, 0.4) is 0 Å². The van der Waals surface area contributed by atoms with Gasteiger partial charge < -0.3 is 9.47 Å². The van der Waals surface area contributed by atoms with Crippen LogP contribution >= 0.6 is 15.9 Å². The number of hydrazine groups is 1. The van der Waals surface area contributed by atoms with Crippen LogP contribution < -0.4 is 19.9 Å². The highest BCUT2D eigenvalue weighted by Crippen LogP contribution is 2.35. The zero-order valence-electron chi connectivity index (χ0n) is 14.5. The van der Waals surface area contributed by atoms with Crippen molar-refractivity contribution in [3.8, 4) is 11.5 Å². The van der Waals surface area contributed by atoms with Gasteiger partial charge in [0.1, 0.15) is 5.57 Å². The first kappa shape index (κ1) is 18.7. The van der Waals surface area contributed by atoms with Gasteiger partial charge in [-0.15, -0.1) is 0 Å². The lowest BCUT2D eigenvalue weighted by Crippen LogP contribution is -2.35. The molecule has 1 fully saturated rings. The number of methoxy groups -OCH3 is 1. The van der Waals surface area contributed by atoms with Crippen molar-refractivity contribution in [3.05, 3.63) is 58.1 Å². The van der Waals surface area contributed by atoms with E-state index in [-0.39, 0.29) is 11.3 Å². The number of amides is 2. The van der Waals surface area contributed by atoms with E-state index in [0.29, 0.717) is 21.5 Å². The van der Waals surface area contributed by atoms with Crippen LogP contribution in [-0.4, -0.2) is 24.9 Å². The zero-order chi connectivity index (χ0) is 19.6. The summed E-state index contributed by atoms with van der Waals surface area (Å²) < 4.78 is 10.9. The maximum atomic E-state index is 12.7. The van der Waals surface area contributed by atoms with Crippen LogP contribution in [0.2, 0.25) is 0 Å². The standard InChI is InChI=1S/C19H15BrN2O5/c1-11(23)27-17-10-15(20)12(9-16(17)26-2)8-14-18(24)21-22(19(14)25)13-6-4-3-5-7-13/h3-10H,1-2H3,(H,21,24)/b14-8-. The molecule has 1 saturated heterocycles. The van der Waals surface area contributed by atoms with Crippen molar-refractivity contribution in [2.75, 3.05) is 12.1 Å². The molecular weight excluding hydrogens is 416 g/mol. The Morgan fingerprint density at radius 2 is 1.85 bits per heavy atom. The molecule has 0 bridgehead atoms. The van der Waals surface area contributed by atoms with Crippen molar-refractivity contribution in [3.63, 3.8) is 0 Å². The highest BCUT2D eigenvalue weighted by Gasteiger charge is 2.34. The molecule has 0 radical (unpaired) electrons. The number of esters is 1. The second-order valence-electron chi connectivity index (χ2n) is 5.59. The number of hydrogen-bond donors (Lipinski definition) is 1. The third-order valence-corrected chi connectivity index (χ3v) is 4.43. The summed E-state index contributed by atoms with van der Waals surface area (Å²) in [7, 11) is 1.43. The van der Waals surface area contributed by atoms with Crippen LogP contribution in [0, 0.1) is 0 Å². The molecule has 138 valence electrons. The number of para-hydroxylation sites is 1. The van der Waals surface area contributed by atoms with E-state index in [4.69, 9.17) is 9.47 Å². The maximum Gasteiger partial charge on any atom is 0.308 e. The Hall–Kier alpha value is -3.13. The van der Waals surface area contributed by atoms with Crippen LogP contribution in [0.5, 0.6) is 11.5 Å². The molecule has 0 saturated carbocycles. The summed E-state index contributed by atoms with van der Waals surface area (Å²) in [6, 6.07) is 11.9. The Labute approximate surface area is 163 Å². The normalized spacial score (nSPS) is 15.1. The first-order valence-electron chi connectivity index (χ1n) is 7.89. The second-order valence-corrected chi connectivity index (χ2v) is 6.45. The summed E-state index contributed by atoms with van der Waals surface area (Å²) in [5.41, 5.74) is 3.59. The summed E-state index contributed by atoms with van der Waals surface area (Å²) >= 11 is 3.36. The van der Waals surface area contributed by atoms with E-state index in [0.717, 1.165) is 0 Å². The smallest absolute Gasteiger partial charge is 0.308 e. The van der Waals surface area contributed by atoms with Crippen molar-refractivity contribution in [1.82, 2.24) is 5.43 Å². The van der Waals surface area contributed by atoms with Gasteiger partial charge in [-0.3, -0.25) is 19.8 Å². The first-order valence-corrected chi connectivity index (χ1v) is 8.68. The quantitative estimate of drug-likeness (QED) is 0.348. The zero-order valence-corrected chi connectivity index (χ0v) is 16.1. The van der Waals surface area contributed by atoms with Gasteiger partial charge >= 0.3 is 5.97 Å². The number of carbonyl (C=O) groups is 3. The van der Waals surface area contributed by atoms with Gasteiger partial charge in [0.2, 0.25) is 0 Å². The number of carbonyl (C=O) groups excluding carboxylic acids is 3. The second kappa shape index (κ2) is 7.63. The Kier molecular flexibility index (Phi) is 5.27. The summed E-state index contributed by atoms with van der Waals surface area (Å²) in [6.07, 6.45) is 1.45. The van der Waals surface area contributed by atoms with E-state index in [2.05, 4.69) is 21.4 Å². The maximum absolute atomic E-state index is 12.7. The van der Waals surface area contributed by atoms with E-state index in [9.17, 15) is 14.4 Å². The average Bonchev–Trinajstić information content (AvgIpc) is 2.92. The molecule has 27 heavy (non-hydrogen) atoms. The minimum atomic E-state index is -0.515. The number of halogens is 1. The van der Waals surface area contributed by atoms with Gasteiger partial charge in [-0.25, -0.2) is 5.01 Å². The molecule has 0 aromatic heterocycles. The highest BCUT2D eigenvalue weighted by molar-refractivity contribution is 9.10. The Bertz CT molecular complexity index is 956. The van der Waals surface area contributed by atoms with Gasteiger partial charge in [-0.1, -0.05) is 34.1 Å². The fraction of sp³-hybridized carbons (Fsp3) is 0.105. The van der Waals surface area contributed by atoms with Crippen LogP contribution in [-0.2, 0) is 14.4 Å². The van der Waals surface area contributed by atoms with Gasteiger partial charge in [0.05, 0.1) is 12.8 Å². The molecule has 0 unspecified atom stereocenters. The van der Waals surface area contributed by atoms with Crippen molar-refractivity contribution in [2.24, 2.45) is 0 Å². The molecule has 7 nitrogen and oxygen atoms in total. The molecule has 0 atom stereocenters. The molecule has 2 aromatic carbocycles. The Morgan fingerprint density at radius 1 is 1.15 bits per heavy atom. The van der Waals surface area contributed by atoms with Gasteiger partial charge in [0.15, 0.2) is 11.5 Å². The molecule has 0 spiro atoms. The number of benzene rings is 2. The van der Waals surface area contributed by atoms with Crippen LogP contribution in [0.15, 0.2) is 52.5 Å². The van der Waals surface area contributed by atoms with Crippen molar-refractivity contribution in [1.29, 1.82) is 0 Å². The van der Waals surface area contributed by atoms with Gasteiger partial charge in [0, 0.05) is 11.4 Å². The number of hydrogen-bond acceptors (Lipinski definition) is 5. The average molecular weight is 431 g/mol. The number of nitrogens with zero attached hydrogens (tertiary/aromatic N) is 1. The lowest BCUT2D eigenvalue weighted by Gasteiger charge is -2.14. The van der Waals surface area contributed by atoms with E-state index in [1.165, 1.54) is 25.1 Å². The Balaban J connectivity index is 1.97. The van der Waals surface area contributed by atoms with Crippen molar-refractivity contribution >= 4 is 45.5 Å². The molecule has 1 heterocycles. The Morgan fingerprint density at radius 3 is 2.48 bits per heavy atom.